The van der Waals surface area contributed by atoms with Crippen LogP contribution in [0, 0.1) is 10.1 Å². The third kappa shape index (κ3) is 3.22. The summed E-state index contributed by atoms with van der Waals surface area (Å²) in [4.78, 5) is 34.4. The lowest BCUT2D eigenvalue weighted by Crippen LogP contribution is -2.42. The Labute approximate surface area is 124 Å². The fourth-order valence-corrected chi connectivity index (χ4v) is 2.34. The minimum Gasteiger partial charge on any atom is -0.480 e. The summed E-state index contributed by atoms with van der Waals surface area (Å²) >= 11 is 5.88. The topological polar surface area (TPSA) is 113 Å². The van der Waals surface area contributed by atoms with Crippen LogP contribution in [0.2, 0.25) is 5.02 Å². The van der Waals surface area contributed by atoms with E-state index in [4.69, 9.17) is 16.7 Å². The van der Waals surface area contributed by atoms with E-state index in [1.807, 2.05) is 0 Å². The first-order valence-corrected chi connectivity index (χ1v) is 6.52. The van der Waals surface area contributed by atoms with Crippen LogP contribution < -0.4 is 5.32 Å². The van der Waals surface area contributed by atoms with E-state index in [2.05, 4.69) is 5.32 Å². The Hall–Kier alpha value is -2.35. The Bertz CT molecular complexity index is 607. The molecular formula is C12H12ClN3O5. The highest BCUT2D eigenvalue weighted by Crippen LogP contribution is 2.28. The molecule has 8 nitrogen and oxygen atoms in total. The van der Waals surface area contributed by atoms with E-state index in [1.165, 1.54) is 17.0 Å². The van der Waals surface area contributed by atoms with Crippen molar-refractivity contribution in [3.63, 3.8) is 0 Å². The number of nitro benzene ring substituents is 1. The number of benzene rings is 1. The van der Waals surface area contributed by atoms with E-state index in [1.54, 1.807) is 0 Å². The predicted molar refractivity (Wildman–Crippen MR) is 74.5 cm³/mol. The van der Waals surface area contributed by atoms with E-state index in [9.17, 15) is 19.7 Å². The van der Waals surface area contributed by atoms with Gasteiger partial charge < -0.3 is 15.3 Å². The minimum atomic E-state index is -1.08. The summed E-state index contributed by atoms with van der Waals surface area (Å²) in [6.07, 6.45) is 0.971. The first kappa shape index (κ1) is 15.0. The van der Waals surface area contributed by atoms with E-state index in [-0.39, 0.29) is 16.4 Å². The van der Waals surface area contributed by atoms with Crippen LogP contribution >= 0.6 is 11.6 Å². The molecule has 1 saturated heterocycles. The average molecular weight is 314 g/mol. The molecule has 2 rings (SSSR count). The number of urea groups is 1. The number of rotatable bonds is 3. The smallest absolute Gasteiger partial charge is 0.326 e. The number of nitro groups is 1. The van der Waals surface area contributed by atoms with Gasteiger partial charge in [0.05, 0.1) is 15.6 Å². The number of non-ortho nitro benzene ring substituents is 1. The second-order valence-corrected chi connectivity index (χ2v) is 4.95. The summed E-state index contributed by atoms with van der Waals surface area (Å²) in [5.41, 5.74) is -0.141. The summed E-state index contributed by atoms with van der Waals surface area (Å²) in [6, 6.07) is 2.12. The highest BCUT2D eigenvalue weighted by atomic mass is 35.5. The first-order chi connectivity index (χ1) is 9.90. The number of carbonyl (C=O) groups excluding carboxylic acids is 1. The molecule has 0 aromatic heterocycles. The highest BCUT2D eigenvalue weighted by Gasteiger charge is 2.34. The molecule has 1 aliphatic rings. The molecular weight excluding hydrogens is 302 g/mol. The molecule has 1 aromatic carbocycles. The number of hydrogen-bond acceptors (Lipinski definition) is 4. The summed E-state index contributed by atoms with van der Waals surface area (Å²) < 4.78 is 0. The zero-order chi connectivity index (χ0) is 15.6. The highest BCUT2D eigenvalue weighted by molar-refractivity contribution is 6.33. The quantitative estimate of drug-likeness (QED) is 0.656. The summed E-state index contributed by atoms with van der Waals surface area (Å²) in [6.45, 7) is 0.315. The lowest BCUT2D eigenvalue weighted by atomic mass is 10.2. The molecule has 1 aromatic rings. The van der Waals surface area contributed by atoms with Gasteiger partial charge in [0.25, 0.3) is 5.69 Å². The van der Waals surface area contributed by atoms with Gasteiger partial charge in [-0.3, -0.25) is 10.1 Å². The van der Waals surface area contributed by atoms with Gasteiger partial charge in [0.1, 0.15) is 6.04 Å². The number of aliphatic carboxylic acids is 1. The van der Waals surface area contributed by atoms with Crippen LogP contribution in [0.5, 0.6) is 0 Å². The molecule has 0 saturated carbocycles. The fraction of sp³-hybridized carbons (Fsp3) is 0.333. The van der Waals surface area contributed by atoms with Crippen molar-refractivity contribution in [3.05, 3.63) is 33.3 Å². The Morgan fingerprint density at radius 3 is 2.81 bits per heavy atom. The fourth-order valence-electron chi connectivity index (χ4n) is 2.18. The van der Waals surface area contributed by atoms with Crippen LogP contribution in [-0.4, -0.2) is 39.5 Å². The first-order valence-electron chi connectivity index (χ1n) is 6.14. The second-order valence-electron chi connectivity index (χ2n) is 4.54. The number of likely N-dealkylation sites (tertiary alicyclic amines) is 1. The Morgan fingerprint density at radius 2 is 2.19 bits per heavy atom. The maximum absolute atomic E-state index is 12.1. The SMILES string of the molecule is O=C(O)[C@@H]1CCCN1C(=O)Nc1cc([N+](=O)[O-])ccc1Cl. The molecule has 1 heterocycles. The molecule has 0 aliphatic carbocycles. The van der Waals surface area contributed by atoms with Crippen molar-refractivity contribution in [2.45, 2.75) is 18.9 Å². The van der Waals surface area contributed by atoms with E-state index in [0.29, 0.717) is 19.4 Å². The van der Waals surface area contributed by atoms with E-state index < -0.39 is 23.0 Å². The number of nitrogens with one attached hydrogen (secondary N) is 1. The lowest BCUT2D eigenvalue weighted by Gasteiger charge is -2.22. The molecule has 112 valence electrons. The number of carboxylic acid groups (broad SMARTS) is 1. The van der Waals surface area contributed by atoms with Gasteiger partial charge in [0, 0.05) is 18.7 Å². The third-order valence-corrected chi connectivity index (χ3v) is 3.53. The van der Waals surface area contributed by atoms with Crippen molar-refractivity contribution in [2.24, 2.45) is 0 Å². The molecule has 21 heavy (non-hydrogen) atoms. The van der Waals surface area contributed by atoms with Crippen molar-refractivity contribution in [2.75, 3.05) is 11.9 Å². The number of hydrogen-bond donors (Lipinski definition) is 2. The monoisotopic (exact) mass is 313 g/mol. The van der Waals surface area contributed by atoms with Crippen LogP contribution in [0.3, 0.4) is 0 Å². The molecule has 2 amide bonds. The summed E-state index contributed by atoms with van der Waals surface area (Å²) in [5, 5.41) is 22.3. The van der Waals surface area contributed by atoms with Crippen LogP contribution in [0.15, 0.2) is 18.2 Å². The molecule has 0 unspecified atom stereocenters. The van der Waals surface area contributed by atoms with Crippen molar-refractivity contribution in [3.8, 4) is 0 Å². The summed E-state index contributed by atoms with van der Waals surface area (Å²) in [5.74, 6) is -1.08. The van der Waals surface area contributed by atoms with Crippen molar-refractivity contribution in [1.29, 1.82) is 0 Å². The normalized spacial score (nSPS) is 17.6. The molecule has 2 N–H and O–H groups in total. The van der Waals surface area contributed by atoms with Crippen molar-refractivity contribution >= 4 is 35.0 Å². The van der Waals surface area contributed by atoms with E-state index in [0.717, 1.165) is 6.07 Å². The average Bonchev–Trinajstić information content (AvgIpc) is 2.90. The number of anilines is 1. The van der Waals surface area contributed by atoms with Gasteiger partial charge in [-0.2, -0.15) is 0 Å². The number of carbonyl (C=O) groups is 2. The number of amides is 2. The van der Waals surface area contributed by atoms with Gasteiger partial charge in [-0.1, -0.05) is 11.6 Å². The summed E-state index contributed by atoms with van der Waals surface area (Å²) in [7, 11) is 0. The van der Waals surface area contributed by atoms with Crippen LogP contribution in [0.25, 0.3) is 0 Å². The van der Waals surface area contributed by atoms with Gasteiger partial charge in [-0.25, -0.2) is 9.59 Å². The van der Waals surface area contributed by atoms with Crippen molar-refractivity contribution < 1.29 is 19.6 Å². The number of carboxylic acids is 1. The maximum Gasteiger partial charge on any atom is 0.326 e. The van der Waals surface area contributed by atoms with Gasteiger partial charge in [0.15, 0.2) is 0 Å². The van der Waals surface area contributed by atoms with Gasteiger partial charge in [-0.05, 0) is 18.9 Å². The number of nitrogens with zero attached hydrogens (tertiary/aromatic N) is 2. The Morgan fingerprint density at radius 1 is 1.48 bits per heavy atom. The lowest BCUT2D eigenvalue weighted by molar-refractivity contribution is -0.384. The predicted octanol–water partition coefficient (Wildman–Crippen LogP) is 2.33. The zero-order valence-corrected chi connectivity index (χ0v) is 11.5. The minimum absolute atomic E-state index is 0.0758. The number of halogens is 1. The third-order valence-electron chi connectivity index (χ3n) is 3.20. The van der Waals surface area contributed by atoms with Gasteiger partial charge in [0.2, 0.25) is 0 Å². The second kappa shape index (κ2) is 5.96. The van der Waals surface area contributed by atoms with E-state index >= 15 is 0 Å². The zero-order valence-electron chi connectivity index (χ0n) is 10.8. The molecule has 0 radical (unpaired) electrons. The molecule has 1 atom stereocenters. The molecule has 0 bridgehead atoms. The van der Waals surface area contributed by atoms with Crippen molar-refractivity contribution in [1.82, 2.24) is 4.90 Å². The molecule has 1 fully saturated rings. The van der Waals surface area contributed by atoms with Crippen LogP contribution in [0.1, 0.15) is 12.8 Å². The Balaban J connectivity index is 2.18. The van der Waals surface area contributed by atoms with Crippen LogP contribution in [-0.2, 0) is 4.79 Å². The maximum atomic E-state index is 12.1. The molecule has 1 aliphatic heterocycles. The van der Waals surface area contributed by atoms with Gasteiger partial charge >= 0.3 is 12.0 Å². The standard InChI is InChI=1S/C12H12ClN3O5/c13-8-4-3-7(16(20)21)6-9(8)14-12(19)15-5-1-2-10(15)11(17)18/h3-4,6,10H,1-2,5H2,(H,14,19)(H,17,18)/t10-/m0/s1. The van der Waals surface area contributed by atoms with Crippen LogP contribution in [0.4, 0.5) is 16.2 Å². The Kier molecular flexibility index (Phi) is 4.27. The van der Waals surface area contributed by atoms with Gasteiger partial charge in [-0.15, -0.1) is 0 Å². The molecule has 9 heteroatoms. The molecule has 0 spiro atoms. The largest absolute Gasteiger partial charge is 0.480 e.